The molecular weight excluding hydrogens is 260 g/mol. The first-order chi connectivity index (χ1) is 9.91. The van der Waals surface area contributed by atoms with Crippen LogP contribution in [0, 0.1) is 6.92 Å². The van der Waals surface area contributed by atoms with Gasteiger partial charge >= 0.3 is 0 Å². The number of aryl methyl sites for hydroxylation is 1. The topological polar surface area (TPSA) is 37.3 Å². The highest BCUT2D eigenvalue weighted by molar-refractivity contribution is 5.99. The molecule has 0 atom stereocenters. The van der Waals surface area contributed by atoms with E-state index in [1.54, 1.807) is 12.1 Å². The molecule has 0 saturated heterocycles. The van der Waals surface area contributed by atoms with Crippen LogP contribution in [0.4, 0.5) is 0 Å². The Morgan fingerprint density at radius 2 is 1.76 bits per heavy atom. The van der Waals surface area contributed by atoms with Crippen molar-refractivity contribution in [3.8, 4) is 5.75 Å². The Bertz CT molecular complexity index is 526. The second kappa shape index (κ2) is 8.46. The highest BCUT2D eigenvalue weighted by atomic mass is 16.3. The number of rotatable bonds is 7. The van der Waals surface area contributed by atoms with E-state index in [0.29, 0.717) is 12.0 Å². The van der Waals surface area contributed by atoms with E-state index in [-0.39, 0.29) is 11.5 Å². The fourth-order valence-electron chi connectivity index (χ4n) is 2.28. The van der Waals surface area contributed by atoms with Gasteiger partial charge in [0.15, 0.2) is 5.78 Å². The zero-order valence-corrected chi connectivity index (χ0v) is 13.6. The number of phenolic OH excluding ortho intramolecular Hbond substituents is 1. The number of phenols is 1. The zero-order valence-electron chi connectivity index (χ0n) is 13.6. The lowest BCUT2D eigenvalue weighted by atomic mass is 9.99. The summed E-state index contributed by atoms with van der Waals surface area (Å²) in [6, 6.07) is 5.18. The molecule has 0 heterocycles. The molecule has 0 aromatic heterocycles. The number of allylic oxidation sites excluding steroid dienone is 4. The average Bonchev–Trinajstić information content (AvgIpc) is 2.38. The van der Waals surface area contributed by atoms with Gasteiger partial charge in [0, 0.05) is 6.42 Å². The number of Topliss-reactive ketones (excluding diaryl/α,β-unsaturated/α-hetero) is 1. The van der Waals surface area contributed by atoms with E-state index in [0.717, 1.165) is 24.8 Å². The molecule has 0 radical (unpaired) electrons. The summed E-state index contributed by atoms with van der Waals surface area (Å²) >= 11 is 0. The quantitative estimate of drug-likeness (QED) is 0.541. The first-order valence-corrected chi connectivity index (χ1v) is 7.52. The molecule has 0 amide bonds. The predicted molar refractivity (Wildman–Crippen MR) is 88.8 cm³/mol. The standard InChI is InChI=1S/C19H26O2/c1-14(2)8-5-9-15(3)10-6-12-17(20)19-16(4)11-7-13-18(19)21/h7-8,10-11,13,21H,5-6,9,12H2,1-4H3. The minimum Gasteiger partial charge on any atom is -0.507 e. The fraction of sp³-hybridized carbons (Fsp3) is 0.421. The van der Waals surface area contributed by atoms with Crippen LogP contribution in [-0.2, 0) is 0 Å². The summed E-state index contributed by atoms with van der Waals surface area (Å²) in [5, 5.41) is 9.80. The van der Waals surface area contributed by atoms with Crippen LogP contribution in [0.15, 0.2) is 41.5 Å². The molecule has 2 nitrogen and oxygen atoms in total. The van der Waals surface area contributed by atoms with Crippen LogP contribution in [0.3, 0.4) is 0 Å². The van der Waals surface area contributed by atoms with Gasteiger partial charge in [-0.3, -0.25) is 4.79 Å². The maximum absolute atomic E-state index is 12.2. The van der Waals surface area contributed by atoms with Crippen LogP contribution >= 0.6 is 0 Å². The molecule has 21 heavy (non-hydrogen) atoms. The van der Waals surface area contributed by atoms with Crippen LogP contribution in [0.5, 0.6) is 5.75 Å². The van der Waals surface area contributed by atoms with Gasteiger partial charge in [0.2, 0.25) is 0 Å². The third-order valence-corrected chi connectivity index (χ3v) is 3.49. The normalized spacial score (nSPS) is 11.3. The lowest BCUT2D eigenvalue weighted by Gasteiger charge is -2.06. The van der Waals surface area contributed by atoms with Gasteiger partial charge < -0.3 is 5.11 Å². The Labute approximate surface area is 128 Å². The van der Waals surface area contributed by atoms with E-state index in [2.05, 4.69) is 32.9 Å². The fourth-order valence-corrected chi connectivity index (χ4v) is 2.28. The molecule has 1 aromatic carbocycles. The van der Waals surface area contributed by atoms with Gasteiger partial charge in [-0.25, -0.2) is 0 Å². The summed E-state index contributed by atoms with van der Waals surface area (Å²) in [6.07, 6.45) is 7.62. The molecular formula is C19H26O2. The molecule has 0 aliphatic heterocycles. The second-order valence-corrected chi connectivity index (χ2v) is 5.80. The van der Waals surface area contributed by atoms with E-state index in [1.165, 1.54) is 11.1 Å². The highest BCUT2D eigenvalue weighted by Crippen LogP contribution is 2.22. The van der Waals surface area contributed by atoms with Gasteiger partial charge in [-0.05, 0) is 58.6 Å². The zero-order chi connectivity index (χ0) is 15.8. The summed E-state index contributed by atoms with van der Waals surface area (Å²) in [5.41, 5.74) is 3.96. The first-order valence-electron chi connectivity index (χ1n) is 7.52. The molecule has 0 aliphatic carbocycles. The van der Waals surface area contributed by atoms with Gasteiger partial charge in [-0.15, -0.1) is 0 Å². The molecule has 0 aliphatic rings. The highest BCUT2D eigenvalue weighted by Gasteiger charge is 2.12. The predicted octanol–water partition coefficient (Wildman–Crippen LogP) is 5.36. The average molecular weight is 286 g/mol. The summed E-state index contributed by atoms with van der Waals surface area (Å²) in [4.78, 5) is 12.2. The maximum atomic E-state index is 12.2. The summed E-state index contributed by atoms with van der Waals surface area (Å²) in [7, 11) is 0. The van der Waals surface area contributed by atoms with Crippen molar-refractivity contribution in [3.63, 3.8) is 0 Å². The van der Waals surface area contributed by atoms with Crippen molar-refractivity contribution >= 4 is 5.78 Å². The maximum Gasteiger partial charge on any atom is 0.167 e. The Balaban J connectivity index is 2.52. The van der Waals surface area contributed by atoms with Gasteiger partial charge in [0.1, 0.15) is 5.75 Å². The number of carbonyl (C=O) groups is 1. The molecule has 0 bridgehead atoms. The van der Waals surface area contributed by atoms with Crippen molar-refractivity contribution in [1.29, 1.82) is 0 Å². The molecule has 1 rings (SSSR count). The van der Waals surface area contributed by atoms with Crippen molar-refractivity contribution in [3.05, 3.63) is 52.6 Å². The van der Waals surface area contributed by atoms with Gasteiger partial charge in [-0.1, -0.05) is 35.4 Å². The third kappa shape index (κ3) is 5.99. The molecule has 2 heteroatoms. The monoisotopic (exact) mass is 286 g/mol. The number of hydrogen-bond donors (Lipinski definition) is 1. The third-order valence-electron chi connectivity index (χ3n) is 3.49. The Morgan fingerprint density at radius 3 is 2.38 bits per heavy atom. The number of aromatic hydroxyl groups is 1. The largest absolute Gasteiger partial charge is 0.507 e. The van der Waals surface area contributed by atoms with Crippen LogP contribution < -0.4 is 0 Å². The number of hydrogen-bond acceptors (Lipinski definition) is 2. The number of benzene rings is 1. The van der Waals surface area contributed by atoms with E-state index in [9.17, 15) is 9.90 Å². The van der Waals surface area contributed by atoms with Crippen LogP contribution in [-0.4, -0.2) is 10.9 Å². The molecule has 0 fully saturated rings. The summed E-state index contributed by atoms with van der Waals surface area (Å²) in [6.45, 7) is 8.17. The minimum absolute atomic E-state index is 0.0129. The molecule has 0 saturated carbocycles. The Hall–Kier alpha value is -1.83. The van der Waals surface area contributed by atoms with Gasteiger partial charge in [0.25, 0.3) is 0 Å². The molecule has 114 valence electrons. The van der Waals surface area contributed by atoms with Crippen molar-refractivity contribution in [2.24, 2.45) is 0 Å². The van der Waals surface area contributed by atoms with E-state index < -0.39 is 0 Å². The van der Waals surface area contributed by atoms with Gasteiger partial charge in [0.05, 0.1) is 5.56 Å². The molecule has 1 aromatic rings. The number of ketones is 1. The Kier molecular flexibility index (Phi) is 6.93. The lowest BCUT2D eigenvalue weighted by molar-refractivity contribution is 0.0980. The van der Waals surface area contributed by atoms with Crippen LogP contribution in [0.25, 0.3) is 0 Å². The van der Waals surface area contributed by atoms with Crippen LogP contribution in [0.1, 0.15) is 62.4 Å². The SMILES string of the molecule is CC(C)=CCCC(C)=CCCC(=O)c1c(C)cccc1O. The summed E-state index contributed by atoms with van der Waals surface area (Å²) < 4.78 is 0. The van der Waals surface area contributed by atoms with E-state index in [4.69, 9.17) is 0 Å². The van der Waals surface area contributed by atoms with Crippen molar-refractivity contribution in [2.45, 2.75) is 53.4 Å². The van der Waals surface area contributed by atoms with Crippen molar-refractivity contribution < 1.29 is 9.90 Å². The Morgan fingerprint density at radius 1 is 1.10 bits per heavy atom. The summed E-state index contributed by atoms with van der Waals surface area (Å²) in [5.74, 6) is 0.100. The second-order valence-electron chi connectivity index (χ2n) is 5.80. The molecule has 0 unspecified atom stereocenters. The smallest absolute Gasteiger partial charge is 0.167 e. The van der Waals surface area contributed by atoms with Gasteiger partial charge in [-0.2, -0.15) is 0 Å². The number of carbonyl (C=O) groups excluding carboxylic acids is 1. The van der Waals surface area contributed by atoms with Crippen molar-refractivity contribution in [2.75, 3.05) is 0 Å². The van der Waals surface area contributed by atoms with Crippen LogP contribution in [0.2, 0.25) is 0 Å². The lowest BCUT2D eigenvalue weighted by Crippen LogP contribution is -2.01. The van der Waals surface area contributed by atoms with E-state index >= 15 is 0 Å². The minimum atomic E-state index is 0.0129. The first kappa shape index (κ1) is 17.2. The molecule has 0 spiro atoms. The van der Waals surface area contributed by atoms with E-state index in [1.807, 2.05) is 13.0 Å². The molecule has 1 N–H and O–H groups in total. The van der Waals surface area contributed by atoms with Crippen molar-refractivity contribution in [1.82, 2.24) is 0 Å².